The zero-order valence-electron chi connectivity index (χ0n) is 6.68. The van der Waals surface area contributed by atoms with Crippen molar-refractivity contribution < 1.29 is 8.78 Å². The summed E-state index contributed by atoms with van der Waals surface area (Å²) in [4.78, 5) is 0. The van der Waals surface area contributed by atoms with E-state index in [0.29, 0.717) is 5.56 Å². The molecule has 0 radical (unpaired) electrons. The first-order valence-electron chi connectivity index (χ1n) is 3.57. The zero-order valence-corrected chi connectivity index (χ0v) is 7.50. The molecule has 0 aliphatic carbocycles. The van der Waals surface area contributed by atoms with Crippen molar-refractivity contribution in [1.29, 1.82) is 0 Å². The van der Waals surface area contributed by atoms with E-state index in [1.807, 2.05) is 0 Å². The van der Waals surface area contributed by atoms with E-state index < -0.39 is 11.6 Å². The lowest BCUT2D eigenvalue weighted by atomic mass is 10.2. The second kappa shape index (κ2) is 4.13. The van der Waals surface area contributed by atoms with Gasteiger partial charge in [-0.05, 0) is 18.3 Å². The number of nitrogens with two attached hydrogens (primary N) is 1. The molecular formula is C8H8F2N2S. The average molecular weight is 202 g/mol. The number of thiocarbonyl (C=S) groups is 1. The summed E-state index contributed by atoms with van der Waals surface area (Å²) in [5, 5.41) is 2.66. The minimum absolute atomic E-state index is 0.0868. The lowest BCUT2D eigenvalue weighted by Gasteiger charge is -2.04. The average Bonchev–Trinajstić information content (AvgIpc) is 2.02. The third-order valence-corrected chi connectivity index (χ3v) is 1.61. The topological polar surface area (TPSA) is 38.0 Å². The summed E-state index contributed by atoms with van der Waals surface area (Å²) in [6, 6.07) is 3.34. The molecule has 1 rings (SSSR count). The van der Waals surface area contributed by atoms with Gasteiger partial charge in [-0.15, -0.1) is 0 Å². The molecule has 0 fully saturated rings. The molecule has 0 aliphatic rings. The summed E-state index contributed by atoms with van der Waals surface area (Å²) >= 11 is 4.53. The fraction of sp³-hybridized carbons (Fsp3) is 0.125. The third-order valence-electron chi connectivity index (χ3n) is 1.47. The lowest BCUT2D eigenvalue weighted by Crippen LogP contribution is -2.28. The highest BCUT2D eigenvalue weighted by atomic mass is 32.1. The number of hydrogen-bond donors (Lipinski definition) is 2. The molecule has 0 bridgehead atoms. The van der Waals surface area contributed by atoms with Gasteiger partial charge in [0, 0.05) is 18.2 Å². The van der Waals surface area contributed by atoms with E-state index in [-0.39, 0.29) is 11.7 Å². The van der Waals surface area contributed by atoms with Gasteiger partial charge in [0.05, 0.1) is 0 Å². The first kappa shape index (κ1) is 9.85. The standard InChI is InChI=1S/C8H8F2N2S/c9-6-2-1-5(7(10)3-6)4-12-8(11)13/h1-3H,4H2,(H3,11,12,13). The van der Waals surface area contributed by atoms with Crippen LogP contribution in [0.4, 0.5) is 8.78 Å². The minimum Gasteiger partial charge on any atom is -0.376 e. The van der Waals surface area contributed by atoms with E-state index in [0.717, 1.165) is 6.07 Å². The minimum atomic E-state index is -0.608. The van der Waals surface area contributed by atoms with Crippen LogP contribution in [-0.2, 0) is 6.54 Å². The molecule has 13 heavy (non-hydrogen) atoms. The Hall–Kier alpha value is -1.23. The van der Waals surface area contributed by atoms with Gasteiger partial charge in [0.1, 0.15) is 11.6 Å². The summed E-state index contributed by atoms with van der Waals surface area (Å²) < 4.78 is 25.4. The fourth-order valence-corrected chi connectivity index (χ4v) is 0.920. The van der Waals surface area contributed by atoms with Gasteiger partial charge in [-0.2, -0.15) is 0 Å². The van der Waals surface area contributed by atoms with Crippen LogP contribution in [0.25, 0.3) is 0 Å². The molecule has 5 heteroatoms. The number of halogens is 2. The molecule has 70 valence electrons. The SMILES string of the molecule is NC(=S)NCc1ccc(F)cc1F. The van der Waals surface area contributed by atoms with Crippen LogP contribution >= 0.6 is 12.2 Å². The fourth-order valence-electron chi connectivity index (χ4n) is 0.847. The van der Waals surface area contributed by atoms with Crippen LogP contribution in [-0.4, -0.2) is 5.11 Å². The van der Waals surface area contributed by atoms with Crippen molar-refractivity contribution in [2.45, 2.75) is 6.54 Å². The quantitative estimate of drug-likeness (QED) is 0.710. The molecule has 0 spiro atoms. The molecule has 0 atom stereocenters. The molecule has 0 unspecified atom stereocenters. The van der Waals surface area contributed by atoms with Crippen LogP contribution in [0.15, 0.2) is 18.2 Å². The molecule has 1 aromatic carbocycles. The Bertz CT molecular complexity index is 328. The van der Waals surface area contributed by atoms with Crippen molar-refractivity contribution >= 4 is 17.3 Å². The summed E-state index contributed by atoms with van der Waals surface area (Å²) in [5.74, 6) is -1.21. The first-order valence-corrected chi connectivity index (χ1v) is 3.97. The maximum atomic E-state index is 12.9. The largest absolute Gasteiger partial charge is 0.376 e. The molecule has 0 heterocycles. The monoisotopic (exact) mass is 202 g/mol. The Morgan fingerprint density at radius 1 is 1.46 bits per heavy atom. The summed E-state index contributed by atoms with van der Waals surface area (Å²) in [6.07, 6.45) is 0. The molecule has 0 aliphatic heterocycles. The number of benzene rings is 1. The Morgan fingerprint density at radius 2 is 2.15 bits per heavy atom. The van der Waals surface area contributed by atoms with Crippen molar-refractivity contribution in [3.05, 3.63) is 35.4 Å². The summed E-state index contributed by atoms with van der Waals surface area (Å²) in [6.45, 7) is 0.168. The van der Waals surface area contributed by atoms with Crippen molar-refractivity contribution in [2.75, 3.05) is 0 Å². The van der Waals surface area contributed by atoms with Gasteiger partial charge in [-0.25, -0.2) is 8.78 Å². The van der Waals surface area contributed by atoms with Gasteiger partial charge in [0.25, 0.3) is 0 Å². The van der Waals surface area contributed by atoms with E-state index in [2.05, 4.69) is 17.5 Å². The van der Waals surface area contributed by atoms with Crippen LogP contribution in [0.1, 0.15) is 5.56 Å². The van der Waals surface area contributed by atoms with Crippen molar-refractivity contribution in [2.24, 2.45) is 5.73 Å². The van der Waals surface area contributed by atoms with Crippen LogP contribution in [0.2, 0.25) is 0 Å². The smallest absolute Gasteiger partial charge is 0.163 e. The van der Waals surface area contributed by atoms with Crippen LogP contribution in [0.3, 0.4) is 0 Å². The second-order valence-electron chi connectivity index (χ2n) is 2.45. The molecule has 2 nitrogen and oxygen atoms in total. The van der Waals surface area contributed by atoms with Gasteiger partial charge in [0.15, 0.2) is 5.11 Å². The number of nitrogens with one attached hydrogen (secondary N) is 1. The Kier molecular flexibility index (Phi) is 3.13. The predicted molar refractivity (Wildman–Crippen MR) is 50.0 cm³/mol. The van der Waals surface area contributed by atoms with Gasteiger partial charge in [-0.1, -0.05) is 6.07 Å². The molecule has 0 amide bonds. The molecule has 0 saturated carbocycles. The molecule has 1 aromatic rings. The molecule has 0 saturated heterocycles. The molecular weight excluding hydrogens is 194 g/mol. The normalized spacial score (nSPS) is 9.69. The van der Waals surface area contributed by atoms with Crippen molar-refractivity contribution in [3.63, 3.8) is 0 Å². The maximum Gasteiger partial charge on any atom is 0.163 e. The second-order valence-corrected chi connectivity index (χ2v) is 2.89. The molecule has 3 N–H and O–H groups in total. The lowest BCUT2D eigenvalue weighted by molar-refractivity contribution is 0.570. The van der Waals surface area contributed by atoms with Crippen LogP contribution in [0.5, 0.6) is 0 Å². The van der Waals surface area contributed by atoms with E-state index >= 15 is 0 Å². The highest BCUT2D eigenvalue weighted by Gasteiger charge is 2.02. The summed E-state index contributed by atoms with van der Waals surface area (Å²) in [7, 11) is 0. The van der Waals surface area contributed by atoms with Crippen LogP contribution < -0.4 is 11.1 Å². The third kappa shape index (κ3) is 2.95. The highest BCUT2D eigenvalue weighted by molar-refractivity contribution is 7.80. The maximum absolute atomic E-state index is 12.9. The van der Waals surface area contributed by atoms with E-state index in [1.165, 1.54) is 12.1 Å². The Balaban J connectivity index is 2.72. The van der Waals surface area contributed by atoms with E-state index in [4.69, 9.17) is 5.73 Å². The first-order chi connectivity index (χ1) is 6.09. The van der Waals surface area contributed by atoms with Crippen molar-refractivity contribution in [1.82, 2.24) is 5.32 Å². The van der Waals surface area contributed by atoms with E-state index in [9.17, 15) is 8.78 Å². The Morgan fingerprint density at radius 3 is 2.69 bits per heavy atom. The predicted octanol–water partition coefficient (Wildman–Crippen LogP) is 1.30. The highest BCUT2D eigenvalue weighted by Crippen LogP contribution is 2.08. The zero-order chi connectivity index (χ0) is 9.84. The van der Waals surface area contributed by atoms with Gasteiger partial charge < -0.3 is 11.1 Å². The van der Waals surface area contributed by atoms with Gasteiger partial charge in [-0.3, -0.25) is 0 Å². The Labute approximate surface area is 79.7 Å². The number of hydrogen-bond acceptors (Lipinski definition) is 1. The van der Waals surface area contributed by atoms with Gasteiger partial charge in [0.2, 0.25) is 0 Å². The van der Waals surface area contributed by atoms with Gasteiger partial charge >= 0.3 is 0 Å². The van der Waals surface area contributed by atoms with Crippen molar-refractivity contribution in [3.8, 4) is 0 Å². The molecule has 0 aromatic heterocycles. The number of rotatable bonds is 2. The van der Waals surface area contributed by atoms with Crippen LogP contribution in [0, 0.1) is 11.6 Å². The summed E-state index contributed by atoms with van der Waals surface area (Å²) in [5.41, 5.74) is 5.47. The van der Waals surface area contributed by atoms with E-state index in [1.54, 1.807) is 0 Å².